The Morgan fingerprint density at radius 2 is 1.93 bits per heavy atom. The third kappa shape index (κ3) is 2.66. The second-order valence-electron chi connectivity index (χ2n) is 2.84. The molecule has 1 aromatic rings. The third-order valence-electron chi connectivity index (χ3n) is 1.75. The van der Waals surface area contributed by atoms with Crippen LogP contribution in [0.1, 0.15) is 17.8 Å². The predicted molar refractivity (Wildman–Crippen MR) is 42.6 cm³/mol. The Bertz CT molecular complexity index is 324. The van der Waals surface area contributed by atoms with Gasteiger partial charge in [0.2, 0.25) is 0 Å². The van der Waals surface area contributed by atoms with Crippen molar-refractivity contribution in [3.8, 4) is 0 Å². The highest BCUT2D eigenvalue weighted by Gasteiger charge is 2.38. The Balaban J connectivity index is 3.01. The summed E-state index contributed by atoms with van der Waals surface area (Å²) in [4.78, 5) is 0. The van der Waals surface area contributed by atoms with Crippen molar-refractivity contribution >= 4 is 0 Å². The summed E-state index contributed by atoms with van der Waals surface area (Å²) < 4.78 is 38.1. The largest absolute Gasteiger partial charge is 0.435 e. The summed E-state index contributed by atoms with van der Waals surface area (Å²) in [6.07, 6.45) is -4.45. The summed E-state index contributed by atoms with van der Waals surface area (Å²) in [6, 6.07) is 0. The van der Waals surface area contributed by atoms with Gasteiger partial charge in [-0.15, -0.1) is 5.10 Å². The number of aryl methyl sites for hydroxylation is 1. The minimum atomic E-state index is -4.60. The summed E-state index contributed by atoms with van der Waals surface area (Å²) in [5.41, 5.74) is -1.56. The number of hydrogen-bond donors (Lipinski definition) is 2. The van der Waals surface area contributed by atoms with E-state index in [2.05, 4.69) is 10.3 Å². The second-order valence-corrected chi connectivity index (χ2v) is 2.84. The Morgan fingerprint density at radius 1 is 1.27 bits per heavy atom. The van der Waals surface area contributed by atoms with Crippen LogP contribution >= 0.6 is 0 Å². The highest BCUT2D eigenvalue weighted by atomic mass is 19.4. The number of alkyl halides is 3. The first-order valence-electron chi connectivity index (χ1n) is 4.22. The fraction of sp³-hybridized carbons (Fsp3) is 0.714. The maximum atomic E-state index is 12.5. The number of aliphatic hydroxyl groups excluding tert-OH is 2. The number of rotatable bonds is 4. The van der Waals surface area contributed by atoms with Crippen LogP contribution in [0.5, 0.6) is 0 Å². The van der Waals surface area contributed by atoms with Crippen molar-refractivity contribution in [3.63, 3.8) is 0 Å². The Hall–Kier alpha value is -1.15. The summed E-state index contributed by atoms with van der Waals surface area (Å²) in [5.74, 6) is 0. The maximum absolute atomic E-state index is 12.5. The molecule has 0 aliphatic carbocycles. The molecule has 0 atom stereocenters. The molecule has 0 aliphatic rings. The van der Waals surface area contributed by atoms with Crippen LogP contribution in [0.25, 0.3) is 0 Å². The van der Waals surface area contributed by atoms with Crippen LogP contribution < -0.4 is 0 Å². The second kappa shape index (κ2) is 4.58. The molecular formula is C7H10F3N3O2. The van der Waals surface area contributed by atoms with Crippen molar-refractivity contribution in [2.75, 3.05) is 6.61 Å². The Kier molecular flexibility index (Phi) is 3.64. The van der Waals surface area contributed by atoms with E-state index in [1.807, 2.05) is 0 Å². The van der Waals surface area contributed by atoms with Gasteiger partial charge in [0.1, 0.15) is 5.69 Å². The first-order chi connectivity index (χ1) is 7.00. The van der Waals surface area contributed by atoms with Gasteiger partial charge >= 0.3 is 6.18 Å². The van der Waals surface area contributed by atoms with Gasteiger partial charge in [0.25, 0.3) is 0 Å². The molecule has 0 bridgehead atoms. The van der Waals surface area contributed by atoms with Crippen molar-refractivity contribution in [2.45, 2.75) is 25.7 Å². The highest BCUT2D eigenvalue weighted by Crippen LogP contribution is 2.31. The van der Waals surface area contributed by atoms with E-state index in [4.69, 9.17) is 10.2 Å². The molecule has 0 aromatic carbocycles. The number of hydrogen-bond acceptors (Lipinski definition) is 4. The number of aliphatic hydroxyl groups is 2. The normalized spacial score (nSPS) is 12.1. The van der Waals surface area contributed by atoms with Crippen LogP contribution in [-0.4, -0.2) is 31.8 Å². The summed E-state index contributed by atoms with van der Waals surface area (Å²) in [6.45, 7) is -1.13. The minimum Gasteiger partial charge on any atom is -0.396 e. The Morgan fingerprint density at radius 3 is 2.40 bits per heavy atom. The number of aromatic nitrogens is 3. The molecule has 1 rings (SSSR count). The van der Waals surface area contributed by atoms with Gasteiger partial charge in [-0.1, -0.05) is 5.21 Å². The van der Waals surface area contributed by atoms with Gasteiger partial charge in [0, 0.05) is 13.2 Å². The van der Waals surface area contributed by atoms with E-state index in [1.54, 1.807) is 0 Å². The Labute approximate surface area is 83.1 Å². The molecule has 0 aliphatic heterocycles. The van der Waals surface area contributed by atoms with E-state index in [9.17, 15) is 13.2 Å². The van der Waals surface area contributed by atoms with Gasteiger partial charge in [-0.25, -0.2) is 4.68 Å². The average Bonchev–Trinajstić information content (AvgIpc) is 2.56. The molecule has 0 fully saturated rings. The predicted octanol–water partition coefficient (Wildman–Crippen LogP) is 0.172. The molecule has 86 valence electrons. The quantitative estimate of drug-likeness (QED) is 0.766. The molecule has 0 saturated heterocycles. The zero-order valence-electron chi connectivity index (χ0n) is 7.70. The SMILES string of the molecule is OCCCn1nnc(CO)c1C(F)(F)F. The van der Waals surface area contributed by atoms with E-state index in [0.29, 0.717) is 4.68 Å². The lowest BCUT2D eigenvalue weighted by Gasteiger charge is -2.09. The van der Waals surface area contributed by atoms with Gasteiger partial charge < -0.3 is 10.2 Å². The fourth-order valence-electron chi connectivity index (χ4n) is 1.14. The van der Waals surface area contributed by atoms with Crippen LogP contribution in [0.4, 0.5) is 13.2 Å². The van der Waals surface area contributed by atoms with Crippen LogP contribution in [0.3, 0.4) is 0 Å². The van der Waals surface area contributed by atoms with Gasteiger partial charge in [-0.05, 0) is 6.42 Å². The standard InChI is InChI=1S/C7H10F3N3O2/c8-7(9,10)6-5(4-15)11-12-13(6)2-1-3-14/h14-15H,1-4H2. The first-order valence-corrected chi connectivity index (χ1v) is 4.22. The fourth-order valence-corrected chi connectivity index (χ4v) is 1.14. The minimum absolute atomic E-state index is 0.0850. The van der Waals surface area contributed by atoms with Crippen molar-refractivity contribution in [2.24, 2.45) is 0 Å². The molecule has 0 radical (unpaired) electrons. The van der Waals surface area contributed by atoms with E-state index in [1.165, 1.54) is 0 Å². The number of nitrogens with zero attached hydrogens (tertiary/aromatic N) is 3. The van der Waals surface area contributed by atoms with Crippen molar-refractivity contribution in [1.29, 1.82) is 0 Å². The molecule has 1 aromatic heterocycles. The monoisotopic (exact) mass is 225 g/mol. The molecule has 5 nitrogen and oxygen atoms in total. The average molecular weight is 225 g/mol. The topological polar surface area (TPSA) is 71.2 Å². The van der Waals surface area contributed by atoms with Gasteiger partial charge in [0.05, 0.1) is 6.61 Å². The lowest BCUT2D eigenvalue weighted by molar-refractivity contribution is -0.145. The molecule has 15 heavy (non-hydrogen) atoms. The summed E-state index contributed by atoms with van der Waals surface area (Å²) >= 11 is 0. The zero-order valence-corrected chi connectivity index (χ0v) is 7.70. The molecule has 1 heterocycles. The van der Waals surface area contributed by atoms with Crippen LogP contribution in [0.2, 0.25) is 0 Å². The molecule has 0 unspecified atom stereocenters. The van der Waals surface area contributed by atoms with E-state index >= 15 is 0 Å². The molecule has 0 spiro atoms. The number of halogens is 3. The van der Waals surface area contributed by atoms with Crippen molar-refractivity contribution in [1.82, 2.24) is 15.0 Å². The zero-order chi connectivity index (χ0) is 11.5. The van der Waals surface area contributed by atoms with Crippen LogP contribution in [0, 0.1) is 0 Å². The van der Waals surface area contributed by atoms with Crippen LogP contribution in [-0.2, 0) is 19.3 Å². The highest BCUT2D eigenvalue weighted by molar-refractivity contribution is 5.12. The molecular weight excluding hydrogens is 215 g/mol. The maximum Gasteiger partial charge on any atom is 0.435 e. The van der Waals surface area contributed by atoms with E-state index in [-0.39, 0.29) is 19.6 Å². The van der Waals surface area contributed by atoms with E-state index < -0.39 is 24.2 Å². The van der Waals surface area contributed by atoms with Gasteiger partial charge in [-0.2, -0.15) is 13.2 Å². The van der Waals surface area contributed by atoms with Crippen molar-refractivity contribution in [3.05, 3.63) is 11.4 Å². The summed E-state index contributed by atoms with van der Waals surface area (Å²) in [7, 11) is 0. The van der Waals surface area contributed by atoms with Gasteiger partial charge in [0.15, 0.2) is 5.69 Å². The first kappa shape index (κ1) is 11.9. The lowest BCUT2D eigenvalue weighted by atomic mass is 10.3. The van der Waals surface area contributed by atoms with Crippen LogP contribution in [0.15, 0.2) is 0 Å². The summed E-state index contributed by atoms with van der Waals surface area (Å²) in [5, 5.41) is 23.6. The third-order valence-corrected chi connectivity index (χ3v) is 1.75. The molecule has 8 heteroatoms. The van der Waals surface area contributed by atoms with Crippen molar-refractivity contribution < 1.29 is 23.4 Å². The van der Waals surface area contributed by atoms with Gasteiger partial charge in [-0.3, -0.25) is 0 Å². The molecule has 2 N–H and O–H groups in total. The van der Waals surface area contributed by atoms with E-state index in [0.717, 1.165) is 0 Å². The molecule has 0 saturated carbocycles. The molecule has 0 amide bonds. The smallest absolute Gasteiger partial charge is 0.396 e. The lowest BCUT2D eigenvalue weighted by Crippen LogP contribution is -2.17.